The monoisotopic (exact) mass is 488 g/mol. The summed E-state index contributed by atoms with van der Waals surface area (Å²) in [6.45, 7) is 3.97. The summed E-state index contributed by atoms with van der Waals surface area (Å²) in [7, 11) is 0. The van der Waals surface area contributed by atoms with Crippen molar-refractivity contribution in [3.63, 3.8) is 0 Å². The van der Waals surface area contributed by atoms with Gasteiger partial charge in [-0.1, -0.05) is 17.7 Å². The van der Waals surface area contributed by atoms with Crippen LogP contribution in [0.25, 0.3) is 0 Å². The minimum Gasteiger partial charge on any atom is -0.340 e. The van der Waals surface area contributed by atoms with Gasteiger partial charge in [-0.15, -0.1) is 0 Å². The van der Waals surface area contributed by atoms with Crippen molar-refractivity contribution in [3.05, 3.63) is 94.4 Å². The van der Waals surface area contributed by atoms with Crippen LogP contribution in [0.15, 0.2) is 77.5 Å². The molecule has 0 aliphatic carbocycles. The number of anilines is 5. The van der Waals surface area contributed by atoms with Crippen molar-refractivity contribution in [2.75, 3.05) is 16.0 Å². The van der Waals surface area contributed by atoms with Crippen LogP contribution in [0.5, 0.6) is 0 Å². The number of aryl methyl sites for hydroxylation is 2. The van der Waals surface area contributed by atoms with Gasteiger partial charge >= 0.3 is 0 Å². The molecular weight excluding hydrogens is 468 g/mol. The Hall–Kier alpha value is -3.78. The molecule has 0 bridgehead atoms. The zero-order valence-electron chi connectivity index (χ0n) is 17.6. The van der Waals surface area contributed by atoms with E-state index in [-0.39, 0.29) is 5.91 Å². The molecule has 7 nitrogen and oxygen atoms in total. The number of halogens is 1. The maximum atomic E-state index is 12.4. The van der Waals surface area contributed by atoms with Gasteiger partial charge in [0.1, 0.15) is 5.82 Å². The van der Waals surface area contributed by atoms with Crippen LogP contribution in [0.4, 0.5) is 28.8 Å². The van der Waals surface area contributed by atoms with E-state index in [9.17, 15) is 4.79 Å². The molecule has 0 fully saturated rings. The molecule has 0 saturated heterocycles. The Labute approximate surface area is 194 Å². The van der Waals surface area contributed by atoms with Gasteiger partial charge in [0.2, 0.25) is 5.95 Å². The number of hydrogen-bond acceptors (Lipinski definition) is 6. The Kier molecular flexibility index (Phi) is 6.42. The third-order valence-corrected chi connectivity index (χ3v) is 4.98. The van der Waals surface area contributed by atoms with Gasteiger partial charge in [-0.2, -0.15) is 4.98 Å². The fraction of sp³-hybridized carbons (Fsp3) is 0.0833. The van der Waals surface area contributed by atoms with Gasteiger partial charge in [0, 0.05) is 45.7 Å². The molecule has 0 saturated carbocycles. The van der Waals surface area contributed by atoms with Gasteiger partial charge in [0.05, 0.1) is 5.56 Å². The second kappa shape index (κ2) is 9.57. The molecule has 32 heavy (non-hydrogen) atoms. The first kappa shape index (κ1) is 21.5. The molecule has 3 N–H and O–H groups in total. The highest BCUT2D eigenvalue weighted by molar-refractivity contribution is 9.10. The lowest BCUT2D eigenvalue weighted by Crippen LogP contribution is -2.12. The molecule has 0 aliphatic rings. The first-order chi connectivity index (χ1) is 15.4. The lowest BCUT2D eigenvalue weighted by molar-refractivity contribution is 0.102. The molecule has 2 aromatic heterocycles. The molecule has 0 radical (unpaired) electrons. The second-order valence-electron chi connectivity index (χ2n) is 7.26. The number of benzene rings is 2. The molecule has 2 aromatic carbocycles. The van der Waals surface area contributed by atoms with Crippen LogP contribution in [-0.2, 0) is 0 Å². The Morgan fingerprint density at radius 2 is 1.47 bits per heavy atom. The molecular formula is C24H21BrN6O. The summed E-state index contributed by atoms with van der Waals surface area (Å²) in [5.41, 5.74) is 4.95. The molecule has 160 valence electrons. The van der Waals surface area contributed by atoms with Gasteiger partial charge in [-0.25, -0.2) is 4.98 Å². The molecule has 0 spiro atoms. The molecule has 0 unspecified atom stereocenters. The zero-order chi connectivity index (χ0) is 22.5. The van der Waals surface area contributed by atoms with E-state index in [1.54, 1.807) is 12.3 Å². The van der Waals surface area contributed by atoms with Gasteiger partial charge in [0.25, 0.3) is 5.91 Å². The van der Waals surface area contributed by atoms with Crippen LogP contribution in [0.3, 0.4) is 0 Å². The molecule has 2 heterocycles. The quantitative estimate of drug-likeness (QED) is 0.308. The SMILES string of the molecule is Cc1ccc(Nc2cc(C)nc(Nc3ccc(NC(=O)c4cncc(Br)c4)cc3)n2)cc1. The zero-order valence-corrected chi connectivity index (χ0v) is 19.1. The summed E-state index contributed by atoms with van der Waals surface area (Å²) < 4.78 is 0.749. The lowest BCUT2D eigenvalue weighted by Gasteiger charge is -2.11. The Bertz CT molecular complexity index is 1240. The molecule has 4 rings (SSSR count). The number of carbonyl (C=O) groups is 1. The van der Waals surface area contributed by atoms with Crippen molar-refractivity contribution in [1.29, 1.82) is 0 Å². The van der Waals surface area contributed by atoms with E-state index in [0.29, 0.717) is 23.0 Å². The second-order valence-corrected chi connectivity index (χ2v) is 8.17. The minimum atomic E-state index is -0.228. The highest BCUT2D eigenvalue weighted by Gasteiger charge is 2.08. The van der Waals surface area contributed by atoms with E-state index in [0.717, 1.165) is 21.5 Å². The van der Waals surface area contributed by atoms with Gasteiger partial charge in [0.15, 0.2) is 0 Å². The largest absolute Gasteiger partial charge is 0.340 e. The first-order valence-electron chi connectivity index (χ1n) is 9.93. The van der Waals surface area contributed by atoms with Crippen LogP contribution < -0.4 is 16.0 Å². The van der Waals surface area contributed by atoms with E-state index in [2.05, 4.69) is 53.8 Å². The molecule has 4 aromatic rings. The van der Waals surface area contributed by atoms with Crippen LogP contribution in [0, 0.1) is 13.8 Å². The Morgan fingerprint density at radius 1 is 0.812 bits per heavy atom. The van der Waals surface area contributed by atoms with Crippen molar-refractivity contribution in [2.45, 2.75) is 13.8 Å². The average Bonchev–Trinajstić information content (AvgIpc) is 2.76. The lowest BCUT2D eigenvalue weighted by atomic mass is 10.2. The Balaban J connectivity index is 1.43. The van der Waals surface area contributed by atoms with Crippen LogP contribution in [-0.4, -0.2) is 20.9 Å². The van der Waals surface area contributed by atoms with Crippen molar-refractivity contribution in [3.8, 4) is 0 Å². The van der Waals surface area contributed by atoms with Crippen molar-refractivity contribution in [2.24, 2.45) is 0 Å². The number of hydrogen-bond donors (Lipinski definition) is 3. The van der Waals surface area contributed by atoms with Gasteiger partial charge < -0.3 is 16.0 Å². The summed E-state index contributed by atoms with van der Waals surface area (Å²) in [6.07, 6.45) is 3.15. The molecule has 8 heteroatoms. The summed E-state index contributed by atoms with van der Waals surface area (Å²) in [4.78, 5) is 25.4. The first-order valence-corrected chi connectivity index (χ1v) is 10.7. The number of amides is 1. The standard InChI is InChI=1S/C24H21BrN6O/c1-15-3-5-19(6-4-15)28-22-11-16(2)27-24(31-22)30-21-9-7-20(8-10-21)29-23(32)17-12-18(25)14-26-13-17/h3-14H,1-2H3,(H,29,32)(H2,27,28,30,31). The maximum Gasteiger partial charge on any atom is 0.257 e. The van der Waals surface area contributed by atoms with E-state index < -0.39 is 0 Å². The van der Waals surface area contributed by atoms with Crippen LogP contribution in [0.2, 0.25) is 0 Å². The minimum absolute atomic E-state index is 0.228. The van der Waals surface area contributed by atoms with Crippen molar-refractivity contribution < 1.29 is 4.79 Å². The fourth-order valence-corrected chi connectivity index (χ4v) is 3.34. The highest BCUT2D eigenvalue weighted by Crippen LogP contribution is 2.21. The normalized spacial score (nSPS) is 10.5. The Morgan fingerprint density at radius 3 is 2.19 bits per heavy atom. The average molecular weight is 489 g/mol. The predicted molar refractivity (Wildman–Crippen MR) is 131 cm³/mol. The van der Waals surface area contributed by atoms with Crippen molar-refractivity contribution in [1.82, 2.24) is 15.0 Å². The summed E-state index contributed by atoms with van der Waals surface area (Å²) in [5.74, 6) is 0.959. The van der Waals surface area contributed by atoms with Crippen LogP contribution in [0.1, 0.15) is 21.6 Å². The van der Waals surface area contributed by atoms with Crippen LogP contribution >= 0.6 is 15.9 Å². The molecule has 0 aliphatic heterocycles. The van der Waals surface area contributed by atoms with Gasteiger partial charge in [-0.3, -0.25) is 9.78 Å². The summed E-state index contributed by atoms with van der Waals surface area (Å²) in [6, 6.07) is 19.1. The third kappa shape index (κ3) is 5.67. The summed E-state index contributed by atoms with van der Waals surface area (Å²) in [5, 5.41) is 9.37. The highest BCUT2D eigenvalue weighted by atomic mass is 79.9. The smallest absolute Gasteiger partial charge is 0.257 e. The number of nitrogens with zero attached hydrogens (tertiary/aromatic N) is 3. The van der Waals surface area contributed by atoms with Crippen molar-refractivity contribution >= 4 is 50.7 Å². The number of rotatable bonds is 6. The third-order valence-electron chi connectivity index (χ3n) is 4.54. The fourth-order valence-electron chi connectivity index (χ4n) is 2.98. The van der Waals surface area contributed by atoms with E-state index >= 15 is 0 Å². The topological polar surface area (TPSA) is 91.8 Å². The number of carbonyl (C=O) groups excluding carboxylic acids is 1. The van der Waals surface area contributed by atoms with E-state index in [4.69, 9.17) is 0 Å². The molecule has 1 amide bonds. The summed E-state index contributed by atoms with van der Waals surface area (Å²) >= 11 is 3.32. The van der Waals surface area contributed by atoms with E-state index in [1.807, 2.05) is 61.5 Å². The maximum absolute atomic E-state index is 12.4. The van der Waals surface area contributed by atoms with E-state index in [1.165, 1.54) is 11.8 Å². The number of aromatic nitrogens is 3. The predicted octanol–water partition coefficient (Wildman–Crippen LogP) is 5.99. The van der Waals surface area contributed by atoms with Gasteiger partial charge in [-0.05, 0) is 72.2 Å². The molecule has 0 atom stereocenters. The number of nitrogens with one attached hydrogen (secondary N) is 3. The number of pyridine rings is 1.